The molecule has 0 aliphatic carbocycles. The number of thiazole rings is 1. The van der Waals surface area contributed by atoms with Crippen molar-refractivity contribution < 1.29 is 4.39 Å². The molecule has 3 nitrogen and oxygen atoms in total. The van der Waals surface area contributed by atoms with E-state index in [4.69, 9.17) is 0 Å². The molecule has 1 aliphatic heterocycles. The van der Waals surface area contributed by atoms with Crippen LogP contribution in [0.2, 0.25) is 0 Å². The summed E-state index contributed by atoms with van der Waals surface area (Å²) in [6.45, 7) is 4.69. The topological polar surface area (TPSA) is 28.2 Å². The van der Waals surface area contributed by atoms with Crippen molar-refractivity contribution in [2.24, 2.45) is 0 Å². The van der Waals surface area contributed by atoms with Gasteiger partial charge in [-0.3, -0.25) is 0 Å². The lowest BCUT2D eigenvalue weighted by molar-refractivity contribution is 0.627. The lowest BCUT2D eigenvalue weighted by Crippen LogP contribution is -2.18. The number of nitrogens with one attached hydrogen (secondary N) is 1. The Kier molecular flexibility index (Phi) is 3.38. The molecule has 2 heterocycles. The molecule has 0 atom stereocenters. The van der Waals surface area contributed by atoms with Crippen LogP contribution >= 0.6 is 11.3 Å². The van der Waals surface area contributed by atoms with Crippen molar-refractivity contribution in [3.05, 3.63) is 40.7 Å². The molecular formula is C14H16FN3S. The lowest BCUT2D eigenvalue weighted by atomic mass is 10.2. The van der Waals surface area contributed by atoms with Gasteiger partial charge in [-0.15, -0.1) is 11.3 Å². The molecule has 2 aromatic rings. The predicted molar refractivity (Wildman–Crippen MR) is 77.4 cm³/mol. The largest absolute Gasteiger partial charge is 0.366 e. The molecule has 5 heteroatoms. The maximum Gasteiger partial charge on any atom is 0.182 e. The van der Waals surface area contributed by atoms with E-state index in [1.165, 1.54) is 16.5 Å². The van der Waals surface area contributed by atoms with Gasteiger partial charge in [0.1, 0.15) is 5.82 Å². The van der Waals surface area contributed by atoms with Crippen LogP contribution in [-0.2, 0) is 13.0 Å². The average molecular weight is 277 g/mol. The maximum absolute atomic E-state index is 13.3. The molecule has 100 valence electrons. The number of halogens is 1. The Morgan fingerprint density at radius 2 is 2.37 bits per heavy atom. The minimum Gasteiger partial charge on any atom is -0.366 e. The molecule has 1 N–H and O–H groups in total. The lowest BCUT2D eigenvalue weighted by Gasteiger charge is -2.18. The van der Waals surface area contributed by atoms with E-state index >= 15 is 0 Å². The van der Waals surface area contributed by atoms with Crippen molar-refractivity contribution >= 4 is 22.2 Å². The Bertz CT molecular complexity index is 582. The number of anilines is 2. The van der Waals surface area contributed by atoms with Crippen LogP contribution in [0.1, 0.15) is 17.4 Å². The molecule has 0 amide bonds. The zero-order chi connectivity index (χ0) is 13.2. The highest BCUT2D eigenvalue weighted by Gasteiger charge is 2.20. The highest BCUT2D eigenvalue weighted by atomic mass is 32.1. The Morgan fingerprint density at radius 3 is 3.21 bits per heavy atom. The van der Waals surface area contributed by atoms with E-state index in [1.54, 1.807) is 17.4 Å². The summed E-state index contributed by atoms with van der Waals surface area (Å²) in [6.07, 6.45) is 2.90. The number of fused-ring (bicyclic) bond motifs is 1. The molecular weight excluding hydrogens is 261 g/mol. The first-order valence-electron chi connectivity index (χ1n) is 6.48. The van der Waals surface area contributed by atoms with Gasteiger partial charge in [-0.05, 0) is 31.0 Å². The van der Waals surface area contributed by atoms with Crippen molar-refractivity contribution in [1.82, 2.24) is 4.98 Å². The molecule has 0 spiro atoms. The van der Waals surface area contributed by atoms with Crippen molar-refractivity contribution in [2.45, 2.75) is 19.9 Å². The summed E-state index contributed by atoms with van der Waals surface area (Å²) in [4.78, 5) is 7.75. The number of hydrogen-bond donors (Lipinski definition) is 1. The Morgan fingerprint density at radius 1 is 1.47 bits per heavy atom. The highest BCUT2D eigenvalue weighted by Crippen LogP contribution is 2.31. The number of rotatable bonds is 4. The maximum atomic E-state index is 13.3. The van der Waals surface area contributed by atoms with Crippen LogP contribution < -0.4 is 10.2 Å². The fourth-order valence-corrected chi connectivity index (χ4v) is 3.28. The van der Waals surface area contributed by atoms with E-state index in [0.29, 0.717) is 0 Å². The monoisotopic (exact) mass is 277 g/mol. The summed E-state index contributed by atoms with van der Waals surface area (Å²) in [5.41, 5.74) is 2.26. The molecule has 0 unspecified atom stereocenters. The van der Waals surface area contributed by atoms with Gasteiger partial charge >= 0.3 is 0 Å². The minimum atomic E-state index is -0.164. The first-order valence-corrected chi connectivity index (χ1v) is 7.30. The second-order valence-electron chi connectivity index (χ2n) is 4.61. The smallest absolute Gasteiger partial charge is 0.182 e. The van der Waals surface area contributed by atoms with Gasteiger partial charge in [0.05, 0.1) is 6.54 Å². The van der Waals surface area contributed by atoms with Crippen LogP contribution in [0.15, 0.2) is 24.4 Å². The normalized spacial score (nSPS) is 13.7. The van der Waals surface area contributed by atoms with Crippen LogP contribution in [0, 0.1) is 5.82 Å². The van der Waals surface area contributed by atoms with Gasteiger partial charge < -0.3 is 10.2 Å². The highest BCUT2D eigenvalue weighted by molar-refractivity contribution is 7.15. The number of benzene rings is 1. The zero-order valence-corrected chi connectivity index (χ0v) is 11.6. The van der Waals surface area contributed by atoms with Gasteiger partial charge in [0, 0.05) is 29.9 Å². The third-order valence-corrected chi connectivity index (χ3v) is 4.21. The molecule has 1 aliphatic rings. The summed E-state index contributed by atoms with van der Waals surface area (Å²) in [5, 5.41) is 4.16. The van der Waals surface area contributed by atoms with Crippen LogP contribution in [0.25, 0.3) is 0 Å². The van der Waals surface area contributed by atoms with Gasteiger partial charge in [0.2, 0.25) is 0 Å². The van der Waals surface area contributed by atoms with E-state index < -0.39 is 0 Å². The fourth-order valence-electron chi connectivity index (χ4n) is 2.38. The second kappa shape index (κ2) is 5.17. The van der Waals surface area contributed by atoms with Gasteiger partial charge in [-0.2, -0.15) is 0 Å². The molecule has 0 saturated heterocycles. The zero-order valence-electron chi connectivity index (χ0n) is 10.8. The van der Waals surface area contributed by atoms with E-state index in [9.17, 15) is 4.39 Å². The summed E-state index contributed by atoms with van der Waals surface area (Å²) in [6, 6.07) is 5.06. The van der Waals surface area contributed by atoms with E-state index in [1.807, 2.05) is 12.3 Å². The Balaban J connectivity index is 1.76. The molecule has 0 saturated carbocycles. The first-order chi connectivity index (χ1) is 9.26. The van der Waals surface area contributed by atoms with Crippen LogP contribution in [0.5, 0.6) is 0 Å². The molecule has 3 rings (SSSR count). The Labute approximate surface area is 116 Å². The minimum absolute atomic E-state index is 0.164. The van der Waals surface area contributed by atoms with E-state index in [0.717, 1.165) is 36.9 Å². The summed E-state index contributed by atoms with van der Waals surface area (Å²) in [5.74, 6) is -0.164. The number of nitrogens with zero attached hydrogens (tertiary/aromatic N) is 2. The fraction of sp³-hybridized carbons (Fsp3) is 0.357. The molecule has 0 fully saturated rings. The van der Waals surface area contributed by atoms with Crippen molar-refractivity contribution in [2.75, 3.05) is 23.3 Å². The summed E-state index contributed by atoms with van der Waals surface area (Å²) in [7, 11) is 0. The number of aromatic nitrogens is 1. The van der Waals surface area contributed by atoms with Gasteiger partial charge in [-0.25, -0.2) is 9.37 Å². The molecule has 1 aromatic heterocycles. The average Bonchev–Trinajstić information content (AvgIpc) is 2.98. The van der Waals surface area contributed by atoms with Crippen molar-refractivity contribution in [3.8, 4) is 0 Å². The Hall–Kier alpha value is -1.62. The van der Waals surface area contributed by atoms with Crippen LogP contribution in [0.3, 0.4) is 0 Å². The third kappa shape index (κ3) is 2.56. The molecule has 0 bridgehead atoms. The van der Waals surface area contributed by atoms with Gasteiger partial charge in [0.25, 0.3) is 0 Å². The van der Waals surface area contributed by atoms with Crippen molar-refractivity contribution in [1.29, 1.82) is 0 Å². The first kappa shape index (κ1) is 12.4. The SMILES string of the molecule is CCNc1ncc(CN2CCc3ccc(F)cc32)s1. The van der Waals surface area contributed by atoms with Crippen LogP contribution in [-0.4, -0.2) is 18.1 Å². The summed E-state index contributed by atoms with van der Waals surface area (Å²) < 4.78 is 13.3. The molecule has 19 heavy (non-hydrogen) atoms. The number of hydrogen-bond acceptors (Lipinski definition) is 4. The molecule has 1 aromatic carbocycles. The molecule has 0 radical (unpaired) electrons. The standard InChI is InChI=1S/C14H16FN3S/c1-2-16-14-17-8-12(19-14)9-18-6-5-10-3-4-11(15)7-13(10)18/h3-4,7-8H,2,5-6,9H2,1H3,(H,16,17). The second-order valence-corrected chi connectivity index (χ2v) is 5.72. The predicted octanol–water partition coefficient (Wildman–Crippen LogP) is 3.28. The quantitative estimate of drug-likeness (QED) is 0.929. The van der Waals surface area contributed by atoms with E-state index in [2.05, 4.69) is 22.1 Å². The summed E-state index contributed by atoms with van der Waals surface area (Å²) >= 11 is 1.67. The van der Waals surface area contributed by atoms with Crippen LogP contribution in [0.4, 0.5) is 15.2 Å². The van der Waals surface area contributed by atoms with Gasteiger partial charge in [-0.1, -0.05) is 6.07 Å². The van der Waals surface area contributed by atoms with E-state index in [-0.39, 0.29) is 5.82 Å². The third-order valence-electron chi connectivity index (χ3n) is 3.27. The van der Waals surface area contributed by atoms with Gasteiger partial charge in [0.15, 0.2) is 5.13 Å². The van der Waals surface area contributed by atoms with Crippen molar-refractivity contribution in [3.63, 3.8) is 0 Å².